The van der Waals surface area contributed by atoms with Crippen LogP contribution in [-0.2, 0) is 6.18 Å². The minimum absolute atomic E-state index is 0.00732. The Bertz CT molecular complexity index is 802. The third-order valence-corrected chi connectivity index (χ3v) is 3.70. The summed E-state index contributed by atoms with van der Waals surface area (Å²) in [7, 11) is 0. The normalized spacial score (nSPS) is 11.1. The molecule has 138 valence electrons. The largest absolute Gasteiger partial charge is 0.416 e. The quantitative estimate of drug-likeness (QED) is 0.876. The van der Waals surface area contributed by atoms with Gasteiger partial charge in [-0.2, -0.15) is 13.2 Å². The molecular weight excluding hydrogens is 347 g/mol. The lowest BCUT2D eigenvalue weighted by molar-refractivity contribution is -0.137. The van der Waals surface area contributed by atoms with E-state index in [1.54, 1.807) is 4.90 Å². The summed E-state index contributed by atoms with van der Waals surface area (Å²) in [6.07, 6.45) is -4.50. The summed E-state index contributed by atoms with van der Waals surface area (Å²) >= 11 is 0. The number of carbonyl (C=O) groups is 2. The fourth-order valence-electron chi connectivity index (χ4n) is 2.32. The Hall–Kier alpha value is -2.90. The Morgan fingerprint density at radius 3 is 2.27 bits per heavy atom. The van der Waals surface area contributed by atoms with Gasteiger partial charge in [0.15, 0.2) is 0 Å². The highest BCUT2D eigenvalue weighted by atomic mass is 19.4. The van der Waals surface area contributed by atoms with Gasteiger partial charge in [-0.3, -0.25) is 9.59 Å². The minimum atomic E-state index is -4.50. The van der Waals surface area contributed by atoms with Crippen LogP contribution in [-0.4, -0.2) is 34.8 Å². The monoisotopic (exact) mass is 365 g/mol. The molecule has 8 heteroatoms. The summed E-state index contributed by atoms with van der Waals surface area (Å²) in [4.78, 5) is 30.2. The highest BCUT2D eigenvalue weighted by Gasteiger charge is 2.30. The molecule has 1 aromatic carbocycles. The maximum atomic E-state index is 12.7. The van der Waals surface area contributed by atoms with E-state index in [2.05, 4.69) is 10.3 Å². The van der Waals surface area contributed by atoms with E-state index in [-0.39, 0.29) is 23.0 Å². The topological polar surface area (TPSA) is 62.3 Å². The Labute approximate surface area is 148 Å². The number of carbonyl (C=O) groups excluding carboxylic acids is 2. The van der Waals surface area contributed by atoms with Crippen molar-refractivity contribution in [1.82, 2.24) is 9.88 Å². The van der Waals surface area contributed by atoms with Crippen LogP contribution in [0.1, 0.15) is 40.4 Å². The Balaban J connectivity index is 2.21. The predicted octanol–water partition coefficient (Wildman–Crippen LogP) is 3.83. The van der Waals surface area contributed by atoms with Crippen LogP contribution in [0.2, 0.25) is 0 Å². The number of rotatable bonds is 5. The molecule has 0 bridgehead atoms. The number of hydrogen-bond acceptors (Lipinski definition) is 3. The maximum absolute atomic E-state index is 12.7. The van der Waals surface area contributed by atoms with Crippen LogP contribution >= 0.6 is 0 Å². The summed E-state index contributed by atoms with van der Waals surface area (Å²) in [5, 5.41) is 2.37. The summed E-state index contributed by atoms with van der Waals surface area (Å²) in [6, 6.07) is 8.68. The van der Waals surface area contributed by atoms with Crippen molar-refractivity contribution < 1.29 is 22.8 Å². The lowest BCUT2D eigenvalue weighted by atomic mass is 10.2. The average molecular weight is 365 g/mol. The van der Waals surface area contributed by atoms with Gasteiger partial charge in [0.25, 0.3) is 11.8 Å². The van der Waals surface area contributed by atoms with Crippen LogP contribution in [0.5, 0.6) is 0 Å². The van der Waals surface area contributed by atoms with E-state index in [1.807, 2.05) is 13.8 Å². The number of hydrogen-bond donors (Lipinski definition) is 1. The van der Waals surface area contributed by atoms with Gasteiger partial charge in [0.05, 0.1) is 5.56 Å². The summed E-state index contributed by atoms with van der Waals surface area (Å²) in [5.41, 5.74) is -0.827. The molecule has 0 radical (unpaired) electrons. The van der Waals surface area contributed by atoms with Crippen LogP contribution in [0, 0.1) is 0 Å². The molecule has 5 nitrogen and oxygen atoms in total. The number of pyridine rings is 1. The van der Waals surface area contributed by atoms with Gasteiger partial charge >= 0.3 is 6.18 Å². The first-order chi connectivity index (χ1) is 12.3. The van der Waals surface area contributed by atoms with Crippen LogP contribution in [0.15, 0.2) is 42.5 Å². The molecule has 2 aromatic rings. The predicted molar refractivity (Wildman–Crippen MR) is 90.9 cm³/mol. The van der Waals surface area contributed by atoms with E-state index in [0.717, 1.165) is 12.1 Å². The molecule has 0 saturated carbocycles. The number of nitrogens with zero attached hydrogens (tertiary/aromatic N) is 2. The van der Waals surface area contributed by atoms with Crippen molar-refractivity contribution in [2.45, 2.75) is 20.0 Å². The minimum Gasteiger partial charge on any atom is -0.338 e. The van der Waals surface area contributed by atoms with Gasteiger partial charge in [-0.05, 0) is 44.2 Å². The van der Waals surface area contributed by atoms with Crippen molar-refractivity contribution >= 4 is 17.5 Å². The smallest absolute Gasteiger partial charge is 0.338 e. The van der Waals surface area contributed by atoms with Crippen molar-refractivity contribution in [2.24, 2.45) is 0 Å². The summed E-state index contributed by atoms with van der Waals surface area (Å²) in [5.74, 6) is -1.01. The van der Waals surface area contributed by atoms with Gasteiger partial charge in [0.2, 0.25) is 0 Å². The van der Waals surface area contributed by atoms with Crippen LogP contribution in [0.25, 0.3) is 0 Å². The zero-order valence-corrected chi connectivity index (χ0v) is 14.3. The standard InChI is InChI=1S/C18H18F3N3O2/c1-3-24(4-2)17(26)15-10-6-9-14(23-15)16(25)22-13-8-5-7-12(11-13)18(19,20)21/h5-11H,3-4H2,1-2H3,(H,22,25). The summed E-state index contributed by atoms with van der Waals surface area (Å²) in [6.45, 7) is 4.65. The Kier molecular flexibility index (Phi) is 5.97. The first-order valence-corrected chi connectivity index (χ1v) is 8.01. The second-order valence-corrected chi connectivity index (χ2v) is 5.42. The van der Waals surface area contributed by atoms with Gasteiger partial charge in [-0.15, -0.1) is 0 Å². The molecule has 0 aliphatic rings. The molecule has 1 N–H and O–H groups in total. The molecule has 26 heavy (non-hydrogen) atoms. The van der Waals surface area contributed by atoms with Crippen molar-refractivity contribution in [2.75, 3.05) is 18.4 Å². The first-order valence-electron chi connectivity index (χ1n) is 8.01. The number of halogens is 3. The van der Waals surface area contributed by atoms with Gasteiger partial charge in [0.1, 0.15) is 11.4 Å². The Morgan fingerprint density at radius 2 is 1.65 bits per heavy atom. The molecule has 0 spiro atoms. The first kappa shape index (κ1) is 19.4. The fraction of sp³-hybridized carbons (Fsp3) is 0.278. The number of aromatic nitrogens is 1. The van der Waals surface area contributed by atoms with E-state index in [1.165, 1.54) is 30.3 Å². The number of nitrogens with one attached hydrogen (secondary N) is 1. The number of alkyl halides is 3. The molecule has 0 atom stereocenters. The molecule has 2 rings (SSSR count). The zero-order valence-electron chi connectivity index (χ0n) is 14.3. The number of benzene rings is 1. The lowest BCUT2D eigenvalue weighted by Crippen LogP contribution is -2.31. The molecule has 0 aliphatic heterocycles. The molecule has 1 aromatic heterocycles. The third-order valence-electron chi connectivity index (χ3n) is 3.70. The lowest BCUT2D eigenvalue weighted by Gasteiger charge is -2.18. The van der Waals surface area contributed by atoms with Gasteiger partial charge in [-0.25, -0.2) is 4.98 Å². The second-order valence-electron chi connectivity index (χ2n) is 5.42. The van der Waals surface area contributed by atoms with Crippen molar-refractivity contribution in [3.8, 4) is 0 Å². The van der Waals surface area contributed by atoms with E-state index < -0.39 is 17.6 Å². The number of anilines is 1. The fourth-order valence-corrected chi connectivity index (χ4v) is 2.32. The second kappa shape index (κ2) is 7.99. The van der Waals surface area contributed by atoms with Gasteiger partial charge < -0.3 is 10.2 Å². The molecule has 0 aliphatic carbocycles. The highest BCUT2D eigenvalue weighted by Crippen LogP contribution is 2.30. The molecule has 1 heterocycles. The van der Waals surface area contributed by atoms with Crippen molar-refractivity contribution in [3.05, 3.63) is 59.4 Å². The van der Waals surface area contributed by atoms with Crippen molar-refractivity contribution in [1.29, 1.82) is 0 Å². The van der Waals surface area contributed by atoms with E-state index >= 15 is 0 Å². The number of amides is 2. The molecular formula is C18H18F3N3O2. The molecule has 0 unspecified atom stereocenters. The van der Waals surface area contributed by atoms with Crippen LogP contribution < -0.4 is 5.32 Å². The maximum Gasteiger partial charge on any atom is 0.416 e. The van der Waals surface area contributed by atoms with Crippen molar-refractivity contribution in [3.63, 3.8) is 0 Å². The zero-order chi connectivity index (χ0) is 19.3. The van der Waals surface area contributed by atoms with E-state index in [4.69, 9.17) is 0 Å². The average Bonchev–Trinajstić information content (AvgIpc) is 2.62. The molecule has 2 amide bonds. The third kappa shape index (κ3) is 4.59. The van der Waals surface area contributed by atoms with Gasteiger partial charge in [0, 0.05) is 18.8 Å². The van der Waals surface area contributed by atoms with Crippen LogP contribution in [0.3, 0.4) is 0 Å². The molecule has 0 fully saturated rings. The van der Waals surface area contributed by atoms with E-state index in [0.29, 0.717) is 13.1 Å². The van der Waals surface area contributed by atoms with Gasteiger partial charge in [-0.1, -0.05) is 12.1 Å². The molecule has 0 saturated heterocycles. The van der Waals surface area contributed by atoms with Crippen LogP contribution in [0.4, 0.5) is 18.9 Å². The Morgan fingerprint density at radius 1 is 1.04 bits per heavy atom. The highest BCUT2D eigenvalue weighted by molar-refractivity contribution is 6.03. The van der Waals surface area contributed by atoms with E-state index in [9.17, 15) is 22.8 Å². The SMILES string of the molecule is CCN(CC)C(=O)c1cccc(C(=O)Nc2cccc(C(F)(F)F)c2)n1. The summed E-state index contributed by atoms with van der Waals surface area (Å²) < 4.78 is 38.2.